The maximum Gasteiger partial charge on any atom is 0.253 e. The largest absolute Gasteiger partial charge is 0.342 e. The van der Waals surface area contributed by atoms with Gasteiger partial charge in [-0.05, 0) is 37.6 Å². The van der Waals surface area contributed by atoms with E-state index in [1.54, 1.807) is 27.8 Å². The molecule has 3 rings (SSSR count). The Morgan fingerprint density at radius 1 is 1.17 bits per heavy atom. The number of rotatable bonds is 2. The Morgan fingerprint density at radius 3 is 2.43 bits per heavy atom. The van der Waals surface area contributed by atoms with Crippen LogP contribution >= 0.6 is 0 Å². The number of fused-ring (bicyclic) bond motifs is 1. The van der Waals surface area contributed by atoms with Crippen molar-refractivity contribution >= 4 is 23.9 Å². The second-order valence-electron chi connectivity index (χ2n) is 6.65. The van der Waals surface area contributed by atoms with Crippen LogP contribution in [0.3, 0.4) is 0 Å². The summed E-state index contributed by atoms with van der Waals surface area (Å²) >= 11 is 0. The van der Waals surface area contributed by atoms with Gasteiger partial charge in [0.2, 0.25) is 12.3 Å². The predicted octanol–water partition coefficient (Wildman–Crippen LogP) is 0.855. The van der Waals surface area contributed by atoms with Crippen LogP contribution in [-0.4, -0.2) is 61.3 Å². The summed E-state index contributed by atoms with van der Waals surface area (Å²) in [5.41, 5.74) is 1.74. The van der Waals surface area contributed by atoms with Crippen LogP contribution in [0.2, 0.25) is 0 Å². The summed E-state index contributed by atoms with van der Waals surface area (Å²) in [5.74, 6) is -0.00662. The molecule has 1 saturated heterocycles. The Bertz CT molecular complexity index is 676. The first-order chi connectivity index (χ1) is 10.9. The minimum atomic E-state index is -0.614. The van der Waals surface area contributed by atoms with E-state index in [2.05, 4.69) is 0 Å². The van der Waals surface area contributed by atoms with Crippen LogP contribution in [0.1, 0.15) is 29.8 Å². The van der Waals surface area contributed by atoms with Crippen LogP contribution in [-0.2, 0) is 15.0 Å². The van der Waals surface area contributed by atoms with Gasteiger partial charge in [-0.2, -0.15) is 0 Å². The molecule has 0 aliphatic carbocycles. The molecule has 0 bridgehead atoms. The van der Waals surface area contributed by atoms with E-state index in [1.807, 2.05) is 26.0 Å². The van der Waals surface area contributed by atoms with Crippen molar-refractivity contribution in [1.82, 2.24) is 9.80 Å². The first-order valence-corrected chi connectivity index (χ1v) is 7.77. The number of benzene rings is 1. The fraction of sp³-hybridized carbons (Fsp3) is 0.471. The number of anilines is 1. The highest BCUT2D eigenvalue weighted by molar-refractivity contribution is 6.08. The average Bonchev–Trinajstić information content (AvgIpc) is 2.75. The fourth-order valence-electron chi connectivity index (χ4n) is 3.32. The van der Waals surface area contributed by atoms with E-state index in [-0.39, 0.29) is 11.8 Å². The standard InChI is InChI=1S/C17H21N3O3/c1-17(2)13-10-12(4-5-14(13)18(3)16(17)23)15(22)20-8-6-19(11-21)7-9-20/h4-5,10-11H,6-9H2,1-3H3. The second-order valence-corrected chi connectivity index (χ2v) is 6.65. The Labute approximate surface area is 135 Å². The molecule has 0 atom stereocenters. The molecule has 2 heterocycles. The van der Waals surface area contributed by atoms with Crippen molar-refractivity contribution in [2.24, 2.45) is 0 Å². The zero-order chi connectivity index (χ0) is 16.8. The highest BCUT2D eigenvalue weighted by Gasteiger charge is 2.42. The quantitative estimate of drug-likeness (QED) is 0.760. The molecule has 0 saturated carbocycles. The van der Waals surface area contributed by atoms with Gasteiger partial charge < -0.3 is 14.7 Å². The van der Waals surface area contributed by atoms with E-state index in [1.165, 1.54) is 0 Å². The maximum atomic E-state index is 12.7. The molecule has 6 heteroatoms. The van der Waals surface area contributed by atoms with E-state index >= 15 is 0 Å². The number of carbonyl (C=O) groups excluding carboxylic acids is 3. The Hall–Kier alpha value is -2.37. The summed E-state index contributed by atoms with van der Waals surface area (Å²) in [5, 5.41) is 0. The third-order valence-corrected chi connectivity index (χ3v) is 4.87. The van der Waals surface area contributed by atoms with Gasteiger partial charge in [-0.15, -0.1) is 0 Å². The summed E-state index contributed by atoms with van der Waals surface area (Å²) in [6.45, 7) is 5.97. The lowest BCUT2D eigenvalue weighted by Crippen LogP contribution is -2.48. The molecule has 0 N–H and O–H groups in total. The van der Waals surface area contributed by atoms with Crippen LogP contribution in [0.25, 0.3) is 0 Å². The second kappa shape index (κ2) is 5.37. The van der Waals surface area contributed by atoms with Crippen LogP contribution in [0.4, 0.5) is 5.69 Å². The van der Waals surface area contributed by atoms with Crippen molar-refractivity contribution in [2.75, 3.05) is 38.1 Å². The van der Waals surface area contributed by atoms with Crippen molar-refractivity contribution in [1.29, 1.82) is 0 Å². The van der Waals surface area contributed by atoms with Gasteiger partial charge in [-0.3, -0.25) is 14.4 Å². The molecule has 3 amide bonds. The van der Waals surface area contributed by atoms with Crippen LogP contribution in [0.5, 0.6) is 0 Å². The van der Waals surface area contributed by atoms with Gasteiger partial charge in [-0.25, -0.2) is 0 Å². The minimum Gasteiger partial charge on any atom is -0.342 e. The number of hydrogen-bond donors (Lipinski definition) is 0. The van der Waals surface area contributed by atoms with Crippen molar-refractivity contribution in [2.45, 2.75) is 19.3 Å². The topological polar surface area (TPSA) is 60.9 Å². The molecule has 0 radical (unpaired) electrons. The third-order valence-electron chi connectivity index (χ3n) is 4.87. The molecular formula is C17H21N3O3. The number of piperazine rings is 1. The molecule has 122 valence electrons. The zero-order valence-electron chi connectivity index (χ0n) is 13.7. The predicted molar refractivity (Wildman–Crippen MR) is 86.4 cm³/mol. The normalized spacial score (nSPS) is 19.8. The van der Waals surface area contributed by atoms with Crippen molar-refractivity contribution in [3.8, 4) is 0 Å². The van der Waals surface area contributed by atoms with Gasteiger partial charge in [0.25, 0.3) is 5.91 Å². The molecule has 23 heavy (non-hydrogen) atoms. The maximum absolute atomic E-state index is 12.7. The van der Waals surface area contributed by atoms with Gasteiger partial charge in [-0.1, -0.05) is 0 Å². The minimum absolute atomic E-state index is 0.0386. The first-order valence-electron chi connectivity index (χ1n) is 7.77. The van der Waals surface area contributed by atoms with Crippen molar-refractivity contribution in [3.05, 3.63) is 29.3 Å². The van der Waals surface area contributed by atoms with E-state index in [9.17, 15) is 14.4 Å². The molecule has 1 aromatic carbocycles. The van der Waals surface area contributed by atoms with E-state index in [4.69, 9.17) is 0 Å². The lowest BCUT2D eigenvalue weighted by molar-refractivity contribution is -0.122. The Balaban J connectivity index is 1.86. The number of hydrogen-bond acceptors (Lipinski definition) is 3. The SMILES string of the molecule is CN1C(=O)C(C)(C)c2cc(C(=O)N3CCN(C=O)CC3)ccc21. The monoisotopic (exact) mass is 315 g/mol. The summed E-state index contributed by atoms with van der Waals surface area (Å²) in [6.07, 6.45) is 0.821. The van der Waals surface area contributed by atoms with Gasteiger partial charge in [0.05, 0.1) is 5.41 Å². The highest BCUT2D eigenvalue weighted by Crippen LogP contribution is 2.41. The molecule has 0 unspecified atom stereocenters. The summed E-state index contributed by atoms with van der Waals surface area (Å²) in [7, 11) is 1.76. The van der Waals surface area contributed by atoms with Crippen LogP contribution in [0.15, 0.2) is 18.2 Å². The number of carbonyl (C=O) groups is 3. The average molecular weight is 315 g/mol. The summed E-state index contributed by atoms with van der Waals surface area (Å²) in [6, 6.07) is 5.46. The van der Waals surface area contributed by atoms with Crippen molar-refractivity contribution in [3.63, 3.8) is 0 Å². The molecular weight excluding hydrogens is 294 g/mol. The van der Waals surface area contributed by atoms with Gasteiger partial charge in [0.1, 0.15) is 0 Å². The fourth-order valence-corrected chi connectivity index (χ4v) is 3.32. The van der Waals surface area contributed by atoms with E-state index < -0.39 is 5.41 Å². The molecule has 0 spiro atoms. The van der Waals surface area contributed by atoms with Gasteiger partial charge in [0.15, 0.2) is 0 Å². The van der Waals surface area contributed by atoms with E-state index in [0.29, 0.717) is 31.7 Å². The van der Waals surface area contributed by atoms with Crippen LogP contribution < -0.4 is 4.90 Å². The van der Waals surface area contributed by atoms with Crippen LogP contribution in [0, 0.1) is 0 Å². The number of amides is 3. The molecule has 2 aliphatic rings. The number of nitrogens with zero attached hydrogens (tertiary/aromatic N) is 3. The third kappa shape index (κ3) is 2.38. The smallest absolute Gasteiger partial charge is 0.253 e. The molecule has 2 aliphatic heterocycles. The van der Waals surface area contributed by atoms with Gasteiger partial charge >= 0.3 is 0 Å². The van der Waals surface area contributed by atoms with Gasteiger partial charge in [0, 0.05) is 44.5 Å². The Morgan fingerprint density at radius 2 is 1.83 bits per heavy atom. The first kappa shape index (κ1) is 15.5. The summed E-state index contributed by atoms with van der Waals surface area (Å²) in [4.78, 5) is 40.8. The highest BCUT2D eigenvalue weighted by atomic mass is 16.2. The molecule has 1 fully saturated rings. The molecule has 1 aromatic rings. The number of likely N-dealkylation sites (N-methyl/N-ethyl adjacent to an activating group) is 1. The lowest BCUT2D eigenvalue weighted by atomic mass is 9.85. The Kier molecular flexibility index (Phi) is 3.62. The van der Waals surface area contributed by atoms with Crippen molar-refractivity contribution < 1.29 is 14.4 Å². The lowest BCUT2D eigenvalue weighted by Gasteiger charge is -2.32. The molecule has 0 aromatic heterocycles. The zero-order valence-corrected chi connectivity index (χ0v) is 13.7. The summed E-state index contributed by atoms with van der Waals surface area (Å²) < 4.78 is 0. The molecule has 6 nitrogen and oxygen atoms in total. The van der Waals surface area contributed by atoms with E-state index in [0.717, 1.165) is 17.7 Å².